The SMILES string of the molecule is CC(Cc1cccs1)N(C)C(=O)c1cc(N)nc(Cl)c1. The molecule has 2 N–H and O–H groups in total. The number of nitrogens with two attached hydrogens (primary N) is 1. The van der Waals surface area contributed by atoms with Crippen LogP contribution in [0.2, 0.25) is 5.15 Å². The van der Waals surface area contributed by atoms with E-state index in [2.05, 4.69) is 11.1 Å². The number of likely N-dealkylation sites (N-methyl/N-ethyl adjacent to an activating group) is 1. The average molecular weight is 310 g/mol. The molecule has 1 atom stereocenters. The van der Waals surface area contributed by atoms with Gasteiger partial charge in [-0.25, -0.2) is 4.98 Å². The Balaban J connectivity index is 2.11. The van der Waals surface area contributed by atoms with Crippen LogP contribution in [0.15, 0.2) is 29.6 Å². The Morgan fingerprint density at radius 3 is 2.90 bits per heavy atom. The van der Waals surface area contributed by atoms with E-state index in [4.69, 9.17) is 17.3 Å². The highest BCUT2D eigenvalue weighted by atomic mass is 35.5. The molecule has 106 valence electrons. The normalized spacial score (nSPS) is 12.2. The quantitative estimate of drug-likeness (QED) is 0.883. The zero-order valence-electron chi connectivity index (χ0n) is 11.3. The molecule has 0 radical (unpaired) electrons. The number of thiophene rings is 1. The molecule has 2 aromatic heterocycles. The summed E-state index contributed by atoms with van der Waals surface area (Å²) in [6.07, 6.45) is 0.828. The number of hydrogen-bond donors (Lipinski definition) is 1. The van der Waals surface area contributed by atoms with Gasteiger partial charge in [-0.05, 0) is 30.5 Å². The summed E-state index contributed by atoms with van der Waals surface area (Å²) in [4.78, 5) is 19.2. The van der Waals surface area contributed by atoms with Gasteiger partial charge in [0.1, 0.15) is 11.0 Å². The van der Waals surface area contributed by atoms with E-state index in [1.165, 1.54) is 10.9 Å². The van der Waals surface area contributed by atoms with Crippen molar-refractivity contribution in [3.8, 4) is 0 Å². The first kappa shape index (κ1) is 14.8. The van der Waals surface area contributed by atoms with Crippen LogP contribution < -0.4 is 5.73 Å². The largest absolute Gasteiger partial charge is 0.384 e. The number of rotatable bonds is 4. The first-order valence-electron chi connectivity index (χ1n) is 6.20. The lowest BCUT2D eigenvalue weighted by molar-refractivity contribution is 0.0744. The summed E-state index contributed by atoms with van der Waals surface area (Å²) in [7, 11) is 1.78. The number of carbonyl (C=O) groups is 1. The number of pyridine rings is 1. The van der Waals surface area contributed by atoms with E-state index in [9.17, 15) is 4.79 Å². The molecule has 0 aliphatic carbocycles. The minimum Gasteiger partial charge on any atom is -0.384 e. The molecule has 4 nitrogen and oxygen atoms in total. The summed E-state index contributed by atoms with van der Waals surface area (Å²) < 4.78 is 0. The van der Waals surface area contributed by atoms with Gasteiger partial charge in [-0.15, -0.1) is 11.3 Å². The molecule has 20 heavy (non-hydrogen) atoms. The van der Waals surface area contributed by atoms with Gasteiger partial charge in [0.2, 0.25) is 0 Å². The van der Waals surface area contributed by atoms with Gasteiger partial charge in [0, 0.05) is 30.0 Å². The summed E-state index contributed by atoms with van der Waals surface area (Å²) in [5, 5.41) is 2.26. The average Bonchev–Trinajstić information content (AvgIpc) is 2.88. The van der Waals surface area contributed by atoms with Crippen LogP contribution in [0.3, 0.4) is 0 Å². The number of nitrogens with zero attached hydrogens (tertiary/aromatic N) is 2. The van der Waals surface area contributed by atoms with Gasteiger partial charge >= 0.3 is 0 Å². The van der Waals surface area contributed by atoms with Crippen molar-refractivity contribution in [3.05, 3.63) is 45.2 Å². The van der Waals surface area contributed by atoms with Crippen LogP contribution in [-0.2, 0) is 6.42 Å². The Morgan fingerprint density at radius 2 is 2.30 bits per heavy atom. The second-order valence-electron chi connectivity index (χ2n) is 4.65. The lowest BCUT2D eigenvalue weighted by atomic mass is 10.1. The predicted molar refractivity (Wildman–Crippen MR) is 83.2 cm³/mol. The monoisotopic (exact) mass is 309 g/mol. The number of aromatic nitrogens is 1. The highest BCUT2D eigenvalue weighted by molar-refractivity contribution is 7.09. The zero-order chi connectivity index (χ0) is 14.7. The molecule has 0 saturated carbocycles. The maximum absolute atomic E-state index is 12.4. The summed E-state index contributed by atoms with van der Waals surface area (Å²) in [6, 6.07) is 7.25. The molecular formula is C14H16ClN3OS. The number of nitrogen functional groups attached to an aromatic ring is 1. The Bertz CT molecular complexity index is 580. The molecule has 2 heterocycles. The van der Waals surface area contributed by atoms with Crippen molar-refractivity contribution in [3.63, 3.8) is 0 Å². The van der Waals surface area contributed by atoms with Crippen molar-refractivity contribution in [2.45, 2.75) is 19.4 Å². The van der Waals surface area contributed by atoms with E-state index in [1.54, 1.807) is 29.4 Å². The van der Waals surface area contributed by atoms with Gasteiger partial charge < -0.3 is 10.6 Å². The molecule has 2 rings (SSSR count). The van der Waals surface area contributed by atoms with E-state index >= 15 is 0 Å². The van der Waals surface area contributed by atoms with Crippen molar-refractivity contribution in [2.24, 2.45) is 0 Å². The topological polar surface area (TPSA) is 59.2 Å². The highest BCUT2D eigenvalue weighted by Crippen LogP contribution is 2.17. The van der Waals surface area contributed by atoms with E-state index in [-0.39, 0.29) is 22.9 Å². The fraction of sp³-hybridized carbons (Fsp3) is 0.286. The van der Waals surface area contributed by atoms with Crippen molar-refractivity contribution >= 4 is 34.7 Å². The number of anilines is 1. The van der Waals surface area contributed by atoms with Crippen molar-refractivity contribution in [1.29, 1.82) is 0 Å². The molecule has 6 heteroatoms. The number of amides is 1. The third-order valence-corrected chi connectivity index (χ3v) is 4.21. The van der Waals surface area contributed by atoms with Crippen molar-refractivity contribution in [1.82, 2.24) is 9.88 Å². The molecule has 1 unspecified atom stereocenters. The molecule has 0 fully saturated rings. The van der Waals surface area contributed by atoms with Gasteiger partial charge in [-0.3, -0.25) is 4.79 Å². The fourth-order valence-corrected chi connectivity index (χ4v) is 2.94. The van der Waals surface area contributed by atoms with Crippen LogP contribution in [0, 0.1) is 0 Å². The van der Waals surface area contributed by atoms with Gasteiger partial charge in [-0.2, -0.15) is 0 Å². The lowest BCUT2D eigenvalue weighted by Gasteiger charge is -2.24. The molecule has 0 aliphatic heterocycles. The Labute approximate surface area is 127 Å². The second kappa shape index (κ2) is 6.24. The molecule has 0 aliphatic rings. The van der Waals surface area contributed by atoms with Crippen LogP contribution in [0.4, 0.5) is 5.82 Å². The summed E-state index contributed by atoms with van der Waals surface area (Å²) in [5.74, 6) is 0.144. The molecule has 0 spiro atoms. The van der Waals surface area contributed by atoms with Gasteiger partial charge in [0.25, 0.3) is 5.91 Å². The smallest absolute Gasteiger partial charge is 0.254 e. The van der Waals surface area contributed by atoms with Gasteiger partial charge in [0.05, 0.1) is 0 Å². The molecule has 2 aromatic rings. The zero-order valence-corrected chi connectivity index (χ0v) is 12.9. The maximum Gasteiger partial charge on any atom is 0.254 e. The Kier molecular flexibility index (Phi) is 4.62. The van der Waals surface area contributed by atoms with E-state index in [1.807, 2.05) is 18.4 Å². The van der Waals surface area contributed by atoms with Crippen LogP contribution >= 0.6 is 22.9 Å². The molecule has 0 aromatic carbocycles. The van der Waals surface area contributed by atoms with Crippen LogP contribution in [0.1, 0.15) is 22.2 Å². The van der Waals surface area contributed by atoms with Crippen LogP contribution in [0.25, 0.3) is 0 Å². The fourth-order valence-electron chi connectivity index (χ4n) is 1.90. The highest BCUT2D eigenvalue weighted by Gasteiger charge is 2.19. The lowest BCUT2D eigenvalue weighted by Crippen LogP contribution is -2.36. The summed E-state index contributed by atoms with van der Waals surface area (Å²) in [6.45, 7) is 2.02. The van der Waals surface area contributed by atoms with Crippen LogP contribution in [-0.4, -0.2) is 28.9 Å². The molecule has 1 amide bonds. The summed E-state index contributed by atoms with van der Waals surface area (Å²) in [5.41, 5.74) is 6.08. The second-order valence-corrected chi connectivity index (χ2v) is 6.07. The Morgan fingerprint density at radius 1 is 1.55 bits per heavy atom. The van der Waals surface area contributed by atoms with Gasteiger partial charge in [-0.1, -0.05) is 17.7 Å². The number of carbonyl (C=O) groups excluding carboxylic acids is 1. The first-order chi connectivity index (χ1) is 9.47. The minimum atomic E-state index is -0.106. The number of halogens is 1. The molecule has 0 bridgehead atoms. The molecule has 0 saturated heterocycles. The predicted octanol–water partition coefficient (Wildman–Crippen LogP) is 3.08. The standard InChI is InChI=1S/C14H16ClN3OS/c1-9(6-11-4-3-5-20-11)18(2)14(19)10-7-12(15)17-13(16)8-10/h3-5,7-9H,6H2,1-2H3,(H2,16,17). The van der Waals surface area contributed by atoms with Crippen LogP contribution in [0.5, 0.6) is 0 Å². The van der Waals surface area contributed by atoms with Crippen molar-refractivity contribution in [2.75, 3.05) is 12.8 Å². The van der Waals surface area contributed by atoms with E-state index in [0.717, 1.165) is 6.42 Å². The first-order valence-corrected chi connectivity index (χ1v) is 7.45. The molecular weight excluding hydrogens is 294 g/mol. The van der Waals surface area contributed by atoms with E-state index < -0.39 is 0 Å². The van der Waals surface area contributed by atoms with Gasteiger partial charge in [0.15, 0.2) is 0 Å². The third kappa shape index (κ3) is 3.49. The van der Waals surface area contributed by atoms with E-state index in [0.29, 0.717) is 5.56 Å². The third-order valence-electron chi connectivity index (χ3n) is 3.12. The van der Waals surface area contributed by atoms with Crippen molar-refractivity contribution < 1.29 is 4.79 Å². The maximum atomic E-state index is 12.4. The Hall–Kier alpha value is -1.59. The number of hydrogen-bond acceptors (Lipinski definition) is 4. The minimum absolute atomic E-state index is 0.0920. The summed E-state index contributed by atoms with van der Waals surface area (Å²) >= 11 is 7.53.